The van der Waals surface area contributed by atoms with Gasteiger partial charge in [0, 0.05) is 19.2 Å². The van der Waals surface area contributed by atoms with E-state index in [0.29, 0.717) is 12.1 Å². The van der Waals surface area contributed by atoms with Gasteiger partial charge in [-0.05, 0) is 48.2 Å². The van der Waals surface area contributed by atoms with Crippen molar-refractivity contribution in [2.24, 2.45) is 0 Å². The zero-order valence-corrected chi connectivity index (χ0v) is 20.0. The minimum absolute atomic E-state index is 0.0171. The van der Waals surface area contributed by atoms with Gasteiger partial charge in [-0.1, -0.05) is 44.0 Å². The number of carboxylic acids is 1. The highest BCUT2D eigenvalue weighted by Gasteiger charge is 2.40. The number of fused-ring (bicyclic) bond motifs is 1. The predicted octanol–water partition coefficient (Wildman–Crippen LogP) is 2.52. The van der Waals surface area contributed by atoms with Gasteiger partial charge in [0.1, 0.15) is 12.1 Å². The summed E-state index contributed by atoms with van der Waals surface area (Å²) >= 11 is 0. The van der Waals surface area contributed by atoms with Crippen molar-refractivity contribution < 1.29 is 27.9 Å². The summed E-state index contributed by atoms with van der Waals surface area (Å²) in [7, 11) is -4.10. The average molecular weight is 488 g/mol. The monoisotopic (exact) mass is 487 g/mol. The van der Waals surface area contributed by atoms with Crippen molar-refractivity contribution in [2.45, 2.75) is 63.1 Å². The first-order chi connectivity index (χ1) is 16.1. The summed E-state index contributed by atoms with van der Waals surface area (Å²) < 4.78 is 28.3. The molecule has 9 nitrogen and oxygen atoms in total. The quantitative estimate of drug-likeness (QED) is 0.498. The number of nitrogens with one attached hydrogen (secondary N) is 2. The molecule has 182 valence electrons. The zero-order chi connectivity index (χ0) is 24.9. The first-order valence-electron chi connectivity index (χ1n) is 11.1. The zero-order valence-electron chi connectivity index (χ0n) is 19.2. The van der Waals surface area contributed by atoms with Gasteiger partial charge in [0.15, 0.2) is 0 Å². The van der Waals surface area contributed by atoms with Gasteiger partial charge in [-0.25, -0.2) is 13.2 Å². The number of rotatable bonds is 9. The Morgan fingerprint density at radius 3 is 2.32 bits per heavy atom. The van der Waals surface area contributed by atoms with Crippen LogP contribution < -0.4 is 10.6 Å². The molecule has 2 aromatic rings. The van der Waals surface area contributed by atoms with Gasteiger partial charge in [-0.15, -0.1) is 0 Å². The first kappa shape index (κ1) is 25.4. The molecule has 0 fully saturated rings. The highest BCUT2D eigenvalue weighted by atomic mass is 32.2. The maximum Gasteiger partial charge on any atom is 0.326 e. The summed E-state index contributed by atoms with van der Waals surface area (Å²) in [5, 5.41) is 14.6. The fourth-order valence-corrected chi connectivity index (χ4v) is 5.52. The number of nitrogens with zero attached hydrogens (tertiary/aromatic N) is 1. The van der Waals surface area contributed by atoms with Crippen molar-refractivity contribution in [3.05, 3.63) is 59.7 Å². The molecule has 1 aliphatic heterocycles. The van der Waals surface area contributed by atoms with Gasteiger partial charge < -0.3 is 15.7 Å². The van der Waals surface area contributed by atoms with E-state index in [4.69, 9.17) is 0 Å². The molecule has 0 radical (unpaired) electrons. The van der Waals surface area contributed by atoms with Crippen LogP contribution in [-0.2, 0) is 37.4 Å². The number of carboxylic acid groups (broad SMARTS) is 1. The molecule has 3 N–H and O–H groups in total. The van der Waals surface area contributed by atoms with Crippen LogP contribution in [0.2, 0.25) is 0 Å². The van der Waals surface area contributed by atoms with Crippen LogP contribution >= 0.6 is 0 Å². The molecule has 0 bridgehead atoms. The largest absolute Gasteiger partial charge is 0.480 e. The molecule has 10 heteroatoms. The van der Waals surface area contributed by atoms with Crippen LogP contribution in [0, 0.1) is 0 Å². The molecule has 0 saturated carbocycles. The highest BCUT2D eigenvalue weighted by molar-refractivity contribution is 7.89. The van der Waals surface area contributed by atoms with E-state index in [0.717, 1.165) is 21.9 Å². The summed E-state index contributed by atoms with van der Waals surface area (Å²) in [5.41, 5.74) is 2.08. The number of sulfonamides is 1. The second kappa shape index (κ2) is 10.8. The number of anilines is 1. The lowest BCUT2D eigenvalue weighted by molar-refractivity contribution is -0.142. The third-order valence-electron chi connectivity index (χ3n) is 5.75. The van der Waals surface area contributed by atoms with Crippen LogP contribution in [-0.4, -0.2) is 47.7 Å². The molecule has 2 aromatic carbocycles. The van der Waals surface area contributed by atoms with Crippen molar-refractivity contribution in [3.8, 4) is 0 Å². The molecule has 0 aromatic heterocycles. The van der Waals surface area contributed by atoms with E-state index in [-0.39, 0.29) is 30.2 Å². The Bertz CT molecular complexity index is 1160. The van der Waals surface area contributed by atoms with E-state index >= 15 is 0 Å². The lowest BCUT2D eigenvalue weighted by Crippen LogP contribution is -2.55. The summed E-state index contributed by atoms with van der Waals surface area (Å²) in [6.07, 6.45) is 1.78. The number of carbonyl (C=O) groups is 3. The lowest BCUT2D eigenvalue weighted by Gasteiger charge is -2.35. The van der Waals surface area contributed by atoms with E-state index in [1.54, 1.807) is 6.07 Å². The van der Waals surface area contributed by atoms with E-state index in [1.807, 2.05) is 25.1 Å². The Hall–Kier alpha value is -3.24. The maximum atomic E-state index is 13.6. The average Bonchev–Trinajstić information content (AvgIpc) is 2.80. The maximum absolute atomic E-state index is 13.6. The second-order valence-corrected chi connectivity index (χ2v) is 10.2. The molecule has 2 atom stereocenters. The molecule has 1 aliphatic rings. The third kappa shape index (κ3) is 5.81. The molecule has 1 unspecified atom stereocenters. The van der Waals surface area contributed by atoms with Crippen molar-refractivity contribution in [3.63, 3.8) is 0 Å². The minimum atomic E-state index is -4.10. The van der Waals surface area contributed by atoms with Crippen LogP contribution in [0.15, 0.2) is 53.4 Å². The van der Waals surface area contributed by atoms with E-state index < -0.39 is 34.0 Å². The molecule has 0 spiro atoms. The van der Waals surface area contributed by atoms with Crippen molar-refractivity contribution in [1.29, 1.82) is 0 Å². The normalized spacial score (nSPS) is 16.8. The summed E-state index contributed by atoms with van der Waals surface area (Å²) in [4.78, 5) is 36.1. The molecular formula is C24H29N3O6S. The van der Waals surface area contributed by atoms with Crippen LogP contribution in [0.3, 0.4) is 0 Å². The predicted molar refractivity (Wildman–Crippen MR) is 127 cm³/mol. The molecule has 0 saturated heterocycles. The third-order valence-corrected chi connectivity index (χ3v) is 7.62. The number of unbranched alkanes of at least 4 members (excludes halogenated alkanes) is 1. The number of amides is 2. The number of benzene rings is 2. The summed E-state index contributed by atoms with van der Waals surface area (Å²) in [6, 6.07) is 10.8. The molecular weight excluding hydrogens is 458 g/mol. The fourth-order valence-electron chi connectivity index (χ4n) is 3.96. The van der Waals surface area contributed by atoms with Crippen LogP contribution in [0.25, 0.3) is 0 Å². The fraction of sp³-hybridized carbons (Fsp3) is 0.375. The van der Waals surface area contributed by atoms with Gasteiger partial charge in [-0.2, -0.15) is 4.31 Å². The second-order valence-electron chi connectivity index (χ2n) is 8.29. The van der Waals surface area contributed by atoms with Crippen LogP contribution in [0.5, 0.6) is 0 Å². The topological polar surface area (TPSA) is 133 Å². The van der Waals surface area contributed by atoms with Gasteiger partial charge in [0.2, 0.25) is 21.8 Å². The highest BCUT2D eigenvalue weighted by Crippen LogP contribution is 2.30. The Balaban J connectivity index is 1.94. The van der Waals surface area contributed by atoms with Gasteiger partial charge in [-0.3, -0.25) is 9.59 Å². The number of carbonyl (C=O) groups excluding carboxylic acids is 2. The van der Waals surface area contributed by atoms with Crippen LogP contribution in [0.4, 0.5) is 5.69 Å². The van der Waals surface area contributed by atoms with Crippen LogP contribution in [0.1, 0.15) is 44.2 Å². The van der Waals surface area contributed by atoms with Gasteiger partial charge in [0.05, 0.1) is 4.90 Å². The van der Waals surface area contributed by atoms with E-state index in [1.165, 1.54) is 31.2 Å². The molecule has 2 amide bonds. The number of hydrogen-bond donors (Lipinski definition) is 3. The first-order valence-corrected chi connectivity index (χ1v) is 12.6. The van der Waals surface area contributed by atoms with E-state index in [2.05, 4.69) is 10.6 Å². The summed E-state index contributed by atoms with van der Waals surface area (Å²) in [5.74, 6) is -2.08. The SMILES string of the molecule is CCCCC(NC(=O)[C@@H]1Cc2ccccc2CN1S(=O)(=O)c1ccc(NC(C)=O)cc1)C(=O)O. The molecule has 34 heavy (non-hydrogen) atoms. The Morgan fingerprint density at radius 2 is 1.74 bits per heavy atom. The van der Waals surface area contributed by atoms with Crippen molar-refractivity contribution in [1.82, 2.24) is 9.62 Å². The number of hydrogen-bond acceptors (Lipinski definition) is 5. The minimum Gasteiger partial charge on any atom is -0.480 e. The van der Waals surface area contributed by atoms with E-state index in [9.17, 15) is 27.9 Å². The van der Waals surface area contributed by atoms with Gasteiger partial charge in [0.25, 0.3) is 0 Å². The standard InChI is InChI=1S/C24H29N3O6S/c1-3-4-9-21(24(30)31)26-23(29)22-14-17-7-5-6-8-18(17)15-27(22)34(32,33)20-12-10-19(11-13-20)25-16(2)28/h5-8,10-13,21-22H,3-4,9,14-15H2,1-2H3,(H,25,28)(H,26,29)(H,30,31)/t21?,22-/m0/s1. The molecule has 0 aliphatic carbocycles. The molecule has 3 rings (SSSR count). The Labute approximate surface area is 199 Å². The lowest BCUT2D eigenvalue weighted by atomic mass is 9.95. The smallest absolute Gasteiger partial charge is 0.326 e. The summed E-state index contributed by atoms with van der Waals surface area (Å²) in [6.45, 7) is 3.25. The molecule has 1 heterocycles. The van der Waals surface area contributed by atoms with Crippen molar-refractivity contribution in [2.75, 3.05) is 5.32 Å². The van der Waals surface area contributed by atoms with Gasteiger partial charge >= 0.3 is 5.97 Å². The Kier molecular flexibility index (Phi) is 8.06. The number of aliphatic carboxylic acids is 1. The van der Waals surface area contributed by atoms with Crippen molar-refractivity contribution >= 4 is 33.5 Å². The Morgan fingerprint density at radius 1 is 1.09 bits per heavy atom.